The Morgan fingerprint density at radius 3 is 2.80 bits per heavy atom. The smallest absolute Gasteiger partial charge is 0.334 e. The summed E-state index contributed by atoms with van der Waals surface area (Å²) in [6.45, 7) is 9.86. The molecular weight excluding hydrogens is 256 g/mol. The molecule has 0 aromatic carbocycles. The summed E-state index contributed by atoms with van der Waals surface area (Å²) in [4.78, 5) is 11.8. The van der Waals surface area contributed by atoms with Crippen molar-refractivity contribution in [3.63, 3.8) is 0 Å². The highest BCUT2D eigenvalue weighted by Gasteiger charge is 2.54. The highest BCUT2D eigenvalue weighted by atomic mass is 16.6. The van der Waals surface area contributed by atoms with Gasteiger partial charge in [0.1, 0.15) is 6.10 Å². The average Bonchev–Trinajstić information content (AvgIpc) is 2.52. The highest BCUT2D eigenvalue weighted by molar-refractivity contribution is 5.90. The van der Waals surface area contributed by atoms with Crippen LogP contribution in [0.15, 0.2) is 23.8 Å². The summed E-state index contributed by atoms with van der Waals surface area (Å²) >= 11 is 0. The van der Waals surface area contributed by atoms with Crippen molar-refractivity contribution in [1.82, 2.24) is 0 Å². The molecule has 3 aliphatic heterocycles. The number of aliphatic hydroxyl groups excluding tert-OH is 1. The number of fused-ring (bicyclic) bond motifs is 3. The van der Waals surface area contributed by atoms with Gasteiger partial charge < -0.3 is 14.6 Å². The van der Waals surface area contributed by atoms with E-state index in [1.807, 2.05) is 20.8 Å². The Kier molecular flexibility index (Phi) is 2.89. The molecule has 5 atom stereocenters. The van der Waals surface area contributed by atoms with E-state index in [0.29, 0.717) is 24.8 Å². The molecule has 5 unspecified atom stereocenters. The molecule has 20 heavy (non-hydrogen) atoms. The minimum atomic E-state index is -0.701. The van der Waals surface area contributed by atoms with Gasteiger partial charge in [0, 0.05) is 17.9 Å². The fourth-order valence-corrected chi connectivity index (χ4v) is 3.73. The van der Waals surface area contributed by atoms with Crippen molar-refractivity contribution in [3.05, 3.63) is 23.8 Å². The van der Waals surface area contributed by atoms with Crippen molar-refractivity contribution < 1.29 is 19.4 Å². The molecule has 2 bridgehead atoms. The largest absolute Gasteiger partial charge is 0.458 e. The molecule has 4 heteroatoms. The molecular formula is C16H22O4. The lowest BCUT2D eigenvalue weighted by Gasteiger charge is -2.39. The van der Waals surface area contributed by atoms with Crippen molar-refractivity contribution in [2.75, 3.05) is 0 Å². The molecule has 3 aliphatic rings. The average molecular weight is 278 g/mol. The maximum atomic E-state index is 11.8. The van der Waals surface area contributed by atoms with E-state index in [4.69, 9.17) is 9.47 Å². The van der Waals surface area contributed by atoms with Crippen LogP contribution in [-0.2, 0) is 14.3 Å². The molecule has 0 aliphatic carbocycles. The molecule has 0 aromatic rings. The van der Waals surface area contributed by atoms with Gasteiger partial charge in [-0.25, -0.2) is 4.79 Å². The second kappa shape index (κ2) is 4.18. The van der Waals surface area contributed by atoms with E-state index in [1.54, 1.807) is 0 Å². The zero-order chi connectivity index (χ0) is 14.7. The third-order valence-electron chi connectivity index (χ3n) is 5.28. The second-order valence-electron chi connectivity index (χ2n) is 6.77. The van der Waals surface area contributed by atoms with Crippen molar-refractivity contribution in [3.8, 4) is 0 Å². The molecule has 0 radical (unpaired) electrons. The van der Waals surface area contributed by atoms with Crippen LogP contribution in [0.1, 0.15) is 40.0 Å². The van der Waals surface area contributed by atoms with Crippen LogP contribution in [-0.4, -0.2) is 34.5 Å². The second-order valence-corrected chi connectivity index (χ2v) is 6.77. The molecule has 2 fully saturated rings. The molecule has 0 spiro atoms. The number of carbonyl (C=O) groups excluding carboxylic acids is 1. The predicted octanol–water partition coefficient (Wildman–Crippen LogP) is 2.12. The Morgan fingerprint density at radius 1 is 1.40 bits per heavy atom. The Hall–Kier alpha value is -1.13. The van der Waals surface area contributed by atoms with Crippen molar-refractivity contribution in [1.29, 1.82) is 0 Å². The maximum absolute atomic E-state index is 11.8. The lowest BCUT2D eigenvalue weighted by molar-refractivity contribution is -0.173. The van der Waals surface area contributed by atoms with E-state index >= 15 is 0 Å². The Bertz CT molecular complexity index is 509. The van der Waals surface area contributed by atoms with E-state index in [2.05, 4.69) is 12.7 Å². The van der Waals surface area contributed by atoms with Gasteiger partial charge in [-0.2, -0.15) is 0 Å². The first-order valence-electron chi connectivity index (χ1n) is 7.20. The molecule has 3 rings (SSSR count). The van der Waals surface area contributed by atoms with E-state index in [0.717, 1.165) is 5.57 Å². The summed E-state index contributed by atoms with van der Waals surface area (Å²) in [5.41, 5.74) is 0.459. The molecule has 3 heterocycles. The number of carbonyl (C=O) groups is 1. The van der Waals surface area contributed by atoms with Crippen LogP contribution >= 0.6 is 0 Å². The SMILES string of the molecule is C=C1C(=O)OC2CC3(C)OC(C)(CC12)C(C)=CCC3O. The van der Waals surface area contributed by atoms with Crippen LogP contribution in [0.5, 0.6) is 0 Å². The zero-order valence-electron chi connectivity index (χ0n) is 12.3. The Balaban J connectivity index is 2.06. The molecule has 1 N–H and O–H groups in total. The van der Waals surface area contributed by atoms with Gasteiger partial charge in [-0.05, 0) is 39.2 Å². The quantitative estimate of drug-likeness (QED) is 0.419. The van der Waals surface area contributed by atoms with Crippen molar-refractivity contribution >= 4 is 5.97 Å². The highest BCUT2D eigenvalue weighted by Crippen LogP contribution is 2.49. The first-order valence-corrected chi connectivity index (χ1v) is 7.20. The number of esters is 1. The monoisotopic (exact) mass is 278 g/mol. The summed E-state index contributed by atoms with van der Waals surface area (Å²) in [6, 6.07) is 0. The molecule has 4 nitrogen and oxygen atoms in total. The summed E-state index contributed by atoms with van der Waals surface area (Å²) in [7, 11) is 0. The standard InChI is InChI=1S/C16H22O4/c1-9-5-6-13(17)16(4)8-12-11(7-15(9,3)20-16)10(2)14(18)19-12/h5,11-13,17H,2,6-8H2,1,3-4H3. The van der Waals surface area contributed by atoms with Crippen LogP contribution in [0.25, 0.3) is 0 Å². The Labute approximate surface area is 119 Å². The lowest BCUT2D eigenvalue weighted by Crippen LogP contribution is -2.47. The minimum Gasteiger partial charge on any atom is -0.458 e. The van der Waals surface area contributed by atoms with Gasteiger partial charge in [-0.1, -0.05) is 12.7 Å². The van der Waals surface area contributed by atoms with Crippen LogP contribution in [0.2, 0.25) is 0 Å². The summed E-state index contributed by atoms with van der Waals surface area (Å²) in [6.07, 6.45) is 2.99. The first-order chi connectivity index (χ1) is 9.25. The van der Waals surface area contributed by atoms with Gasteiger partial charge in [0.25, 0.3) is 0 Å². The third-order valence-corrected chi connectivity index (χ3v) is 5.28. The lowest BCUT2D eigenvalue weighted by atomic mass is 9.79. The number of aliphatic hydroxyl groups is 1. The summed E-state index contributed by atoms with van der Waals surface area (Å²) in [5, 5.41) is 10.4. The summed E-state index contributed by atoms with van der Waals surface area (Å²) < 4.78 is 11.8. The fourth-order valence-electron chi connectivity index (χ4n) is 3.73. The van der Waals surface area contributed by atoms with Crippen LogP contribution in [0, 0.1) is 5.92 Å². The van der Waals surface area contributed by atoms with E-state index in [-0.39, 0.29) is 18.0 Å². The zero-order valence-corrected chi connectivity index (χ0v) is 12.3. The molecule has 110 valence electrons. The van der Waals surface area contributed by atoms with Gasteiger partial charge >= 0.3 is 5.97 Å². The number of ether oxygens (including phenoxy) is 2. The number of hydrogen-bond donors (Lipinski definition) is 1. The van der Waals surface area contributed by atoms with Crippen molar-refractivity contribution in [2.45, 2.75) is 63.4 Å². The normalized spacial score (nSPS) is 48.0. The van der Waals surface area contributed by atoms with Gasteiger partial charge in [0.2, 0.25) is 0 Å². The van der Waals surface area contributed by atoms with Gasteiger partial charge in [0.15, 0.2) is 0 Å². The predicted molar refractivity (Wildman–Crippen MR) is 74.0 cm³/mol. The van der Waals surface area contributed by atoms with E-state index < -0.39 is 17.3 Å². The summed E-state index contributed by atoms with van der Waals surface area (Å²) in [5.74, 6) is -0.329. The fraction of sp³-hybridized carbons (Fsp3) is 0.688. The minimum absolute atomic E-state index is 0.0250. The van der Waals surface area contributed by atoms with Gasteiger partial charge in [-0.15, -0.1) is 0 Å². The van der Waals surface area contributed by atoms with Crippen LogP contribution in [0.3, 0.4) is 0 Å². The van der Waals surface area contributed by atoms with Crippen LogP contribution in [0.4, 0.5) is 0 Å². The molecule has 0 aromatic heterocycles. The maximum Gasteiger partial charge on any atom is 0.334 e. The molecule has 0 saturated carbocycles. The number of rotatable bonds is 0. The molecule has 0 amide bonds. The number of hydrogen-bond acceptors (Lipinski definition) is 4. The Morgan fingerprint density at radius 2 is 2.10 bits per heavy atom. The van der Waals surface area contributed by atoms with E-state index in [9.17, 15) is 9.90 Å². The third kappa shape index (κ3) is 1.85. The van der Waals surface area contributed by atoms with Crippen molar-refractivity contribution in [2.24, 2.45) is 5.92 Å². The molecule has 2 saturated heterocycles. The van der Waals surface area contributed by atoms with Gasteiger partial charge in [0.05, 0.1) is 17.3 Å². The first kappa shape index (κ1) is 13.8. The van der Waals surface area contributed by atoms with E-state index in [1.165, 1.54) is 0 Å². The van der Waals surface area contributed by atoms with Gasteiger partial charge in [-0.3, -0.25) is 0 Å². The topological polar surface area (TPSA) is 55.8 Å². The van der Waals surface area contributed by atoms with Crippen LogP contribution < -0.4 is 0 Å².